The van der Waals surface area contributed by atoms with Crippen LogP contribution in [0, 0.1) is 0 Å². The van der Waals surface area contributed by atoms with Crippen molar-refractivity contribution in [3.05, 3.63) is 71.3 Å². The molecule has 4 N–H and O–H groups in total. The maximum atomic E-state index is 11.3. The van der Waals surface area contributed by atoms with Gasteiger partial charge < -0.3 is 25.2 Å². The second kappa shape index (κ2) is 9.91. The van der Waals surface area contributed by atoms with Crippen molar-refractivity contribution in [2.75, 3.05) is 6.61 Å². The van der Waals surface area contributed by atoms with Crippen molar-refractivity contribution in [2.24, 2.45) is 0 Å². The Labute approximate surface area is 165 Å². The van der Waals surface area contributed by atoms with Gasteiger partial charge in [-0.3, -0.25) is 4.79 Å². The molecular weight excluding hydrogens is 360 g/mol. The van der Waals surface area contributed by atoms with E-state index in [1.165, 1.54) is 6.92 Å². The largest absolute Gasteiger partial charge is 0.394 e. The van der Waals surface area contributed by atoms with E-state index in [1.54, 1.807) is 12.2 Å². The van der Waals surface area contributed by atoms with Crippen LogP contribution in [0.15, 0.2) is 60.2 Å². The van der Waals surface area contributed by atoms with Gasteiger partial charge in [0.05, 0.1) is 6.61 Å². The first-order valence-corrected chi connectivity index (χ1v) is 9.17. The van der Waals surface area contributed by atoms with Crippen LogP contribution < -0.4 is 0 Å². The molecule has 0 saturated carbocycles. The minimum atomic E-state index is -1.42. The van der Waals surface area contributed by atoms with Gasteiger partial charge in [0.25, 0.3) is 0 Å². The van der Waals surface area contributed by atoms with Crippen molar-refractivity contribution >= 4 is 5.78 Å². The lowest BCUT2D eigenvalue weighted by Gasteiger charge is -2.40. The van der Waals surface area contributed by atoms with E-state index < -0.39 is 37.1 Å². The highest BCUT2D eigenvalue weighted by molar-refractivity contribution is 5.94. The summed E-state index contributed by atoms with van der Waals surface area (Å²) < 4.78 is 5.47. The van der Waals surface area contributed by atoms with Crippen LogP contribution in [0.1, 0.15) is 29.8 Å². The van der Waals surface area contributed by atoms with Crippen LogP contribution in [0.3, 0.4) is 0 Å². The Morgan fingerprint density at radius 3 is 2.32 bits per heavy atom. The van der Waals surface area contributed by atoms with Gasteiger partial charge in [0, 0.05) is 5.56 Å². The van der Waals surface area contributed by atoms with Crippen molar-refractivity contribution in [1.82, 2.24) is 0 Å². The molecule has 2 rings (SSSR count). The zero-order valence-electron chi connectivity index (χ0n) is 16.2. The lowest BCUT2D eigenvalue weighted by molar-refractivity contribution is -0.218. The molecular formula is C22H28O6. The lowest BCUT2D eigenvalue weighted by atomic mass is 9.91. The molecule has 1 aliphatic rings. The van der Waals surface area contributed by atoms with E-state index in [0.29, 0.717) is 11.1 Å². The fourth-order valence-corrected chi connectivity index (χ4v) is 3.08. The molecule has 1 aliphatic heterocycles. The zero-order valence-corrected chi connectivity index (χ0v) is 16.2. The van der Waals surface area contributed by atoms with Crippen LogP contribution in [-0.4, -0.2) is 63.3 Å². The average Bonchev–Trinajstić information content (AvgIpc) is 2.66. The number of Topliss-reactive ketones (excluding diaryl/α,β-unsaturated/α-hetero) is 1. The highest BCUT2D eigenvalue weighted by Crippen LogP contribution is 2.25. The van der Waals surface area contributed by atoms with Gasteiger partial charge in [-0.2, -0.15) is 0 Å². The molecule has 0 radical (unpaired) electrons. The van der Waals surface area contributed by atoms with Crippen LogP contribution in [0.5, 0.6) is 0 Å². The topological polar surface area (TPSA) is 107 Å². The Bertz CT molecular complexity index is 747. The monoisotopic (exact) mass is 388 g/mol. The van der Waals surface area contributed by atoms with Crippen molar-refractivity contribution in [3.63, 3.8) is 0 Å². The summed E-state index contributed by atoms with van der Waals surface area (Å²) in [5, 5.41) is 39.0. The van der Waals surface area contributed by atoms with Gasteiger partial charge in [-0.1, -0.05) is 54.6 Å². The molecule has 1 heterocycles. The molecule has 152 valence electrons. The lowest BCUT2D eigenvalue weighted by Crippen LogP contribution is -2.58. The van der Waals surface area contributed by atoms with Crippen molar-refractivity contribution in [3.8, 4) is 0 Å². The van der Waals surface area contributed by atoms with Gasteiger partial charge in [0.1, 0.15) is 30.5 Å². The third-order valence-electron chi connectivity index (χ3n) is 4.79. The van der Waals surface area contributed by atoms with E-state index in [-0.39, 0.29) is 5.78 Å². The molecule has 0 bridgehead atoms. The third kappa shape index (κ3) is 5.47. The summed E-state index contributed by atoms with van der Waals surface area (Å²) in [7, 11) is 0. The Kier molecular flexibility index (Phi) is 7.86. The number of ketones is 1. The molecule has 5 atom stereocenters. The van der Waals surface area contributed by atoms with E-state index >= 15 is 0 Å². The second-order valence-electron chi connectivity index (χ2n) is 7.13. The van der Waals surface area contributed by atoms with Crippen LogP contribution in [0.25, 0.3) is 0 Å². The molecule has 6 nitrogen and oxygen atoms in total. The van der Waals surface area contributed by atoms with Gasteiger partial charge in [-0.25, -0.2) is 0 Å². The van der Waals surface area contributed by atoms with Gasteiger partial charge in [0.2, 0.25) is 0 Å². The van der Waals surface area contributed by atoms with Crippen LogP contribution in [-0.2, 0) is 11.2 Å². The number of aliphatic hydroxyl groups is 4. The zero-order chi connectivity index (χ0) is 20.8. The number of rotatable bonds is 7. The summed E-state index contributed by atoms with van der Waals surface area (Å²) in [6.45, 7) is 6.89. The summed E-state index contributed by atoms with van der Waals surface area (Å²) >= 11 is 0. The van der Waals surface area contributed by atoms with Gasteiger partial charge >= 0.3 is 0 Å². The molecule has 1 aromatic carbocycles. The summed E-state index contributed by atoms with van der Waals surface area (Å²) in [5.74, 6) is 0.0356. The van der Waals surface area contributed by atoms with E-state index in [0.717, 1.165) is 17.6 Å². The smallest absolute Gasteiger partial charge is 0.159 e. The SMILES string of the molecule is C=C(/C=C\C=C(/C)Cc1ccc(C(C)=O)cc1)[C@@H]1O[C@H](CO)[C@@H](O)[C@H](O)[C@H]1O. The third-order valence-corrected chi connectivity index (χ3v) is 4.79. The fraction of sp³-hybridized carbons (Fsp3) is 0.409. The first-order valence-electron chi connectivity index (χ1n) is 9.17. The molecule has 0 aromatic heterocycles. The predicted octanol–water partition coefficient (Wildman–Crippen LogP) is 1.33. The van der Waals surface area contributed by atoms with Gasteiger partial charge in [-0.05, 0) is 31.4 Å². The number of allylic oxidation sites excluding steroid dienone is 3. The summed E-state index contributed by atoms with van der Waals surface area (Å²) in [6, 6.07) is 7.46. The molecule has 0 spiro atoms. The Morgan fingerprint density at radius 1 is 1.11 bits per heavy atom. The van der Waals surface area contributed by atoms with Crippen molar-refractivity contribution in [2.45, 2.75) is 50.8 Å². The van der Waals surface area contributed by atoms with Crippen molar-refractivity contribution in [1.29, 1.82) is 0 Å². The molecule has 1 aromatic rings. The molecule has 1 fully saturated rings. The van der Waals surface area contributed by atoms with E-state index in [2.05, 4.69) is 6.58 Å². The molecule has 1 saturated heterocycles. The number of aliphatic hydroxyl groups excluding tert-OH is 4. The quantitative estimate of drug-likeness (QED) is 0.415. The standard InChI is InChI=1S/C22H28O6/c1-13(11-16-7-9-17(10-8-16)15(3)24)5-4-6-14(2)22-21(27)20(26)19(25)18(12-23)28-22/h4-10,18-23,25-27H,2,11-12H2,1,3H3/b6-4-,13-5+/t18-,19-,20+,21-,22+/m1/s1. The Morgan fingerprint density at radius 2 is 1.75 bits per heavy atom. The number of hydrogen-bond acceptors (Lipinski definition) is 6. The van der Waals surface area contributed by atoms with Gasteiger partial charge in [-0.15, -0.1) is 0 Å². The van der Waals surface area contributed by atoms with E-state index in [9.17, 15) is 25.2 Å². The number of carbonyl (C=O) groups is 1. The average molecular weight is 388 g/mol. The minimum absolute atomic E-state index is 0.0356. The normalized spacial score (nSPS) is 28.5. The highest BCUT2D eigenvalue weighted by atomic mass is 16.5. The molecule has 28 heavy (non-hydrogen) atoms. The molecule has 0 aliphatic carbocycles. The Balaban J connectivity index is 1.98. The van der Waals surface area contributed by atoms with E-state index in [4.69, 9.17) is 4.74 Å². The molecule has 0 amide bonds. The fourth-order valence-electron chi connectivity index (χ4n) is 3.08. The summed E-state index contributed by atoms with van der Waals surface area (Å²) in [6.07, 6.45) is 0.0328. The number of carbonyl (C=O) groups excluding carboxylic acids is 1. The summed E-state index contributed by atoms with van der Waals surface area (Å²) in [5.41, 5.74) is 3.27. The minimum Gasteiger partial charge on any atom is -0.394 e. The maximum Gasteiger partial charge on any atom is 0.159 e. The second-order valence-corrected chi connectivity index (χ2v) is 7.13. The number of ether oxygens (including phenoxy) is 1. The van der Waals surface area contributed by atoms with E-state index in [1.807, 2.05) is 37.3 Å². The predicted molar refractivity (Wildman–Crippen MR) is 106 cm³/mol. The van der Waals surface area contributed by atoms with Crippen LogP contribution in [0.2, 0.25) is 0 Å². The molecule has 0 unspecified atom stereocenters. The molecule has 6 heteroatoms. The van der Waals surface area contributed by atoms with Crippen LogP contribution in [0.4, 0.5) is 0 Å². The highest BCUT2D eigenvalue weighted by Gasteiger charge is 2.43. The van der Waals surface area contributed by atoms with Crippen LogP contribution >= 0.6 is 0 Å². The Hall–Kier alpha value is -2.09. The number of hydrogen-bond donors (Lipinski definition) is 4. The maximum absolute atomic E-state index is 11.3. The first kappa shape index (κ1) is 22.2. The first-order chi connectivity index (χ1) is 13.2. The number of benzene rings is 1. The summed E-state index contributed by atoms with van der Waals surface area (Å²) in [4.78, 5) is 11.3. The van der Waals surface area contributed by atoms with Crippen molar-refractivity contribution < 1.29 is 30.0 Å². The van der Waals surface area contributed by atoms with Gasteiger partial charge in [0.15, 0.2) is 5.78 Å².